The van der Waals surface area contributed by atoms with Gasteiger partial charge in [0.25, 0.3) is 5.91 Å². The molecule has 1 atom stereocenters. The molecule has 1 saturated heterocycles. The number of halogens is 2. The molecule has 1 aliphatic heterocycles. The number of pyridine rings is 1. The van der Waals surface area contributed by atoms with Gasteiger partial charge < -0.3 is 10.6 Å². The van der Waals surface area contributed by atoms with Crippen LogP contribution in [0.3, 0.4) is 0 Å². The van der Waals surface area contributed by atoms with E-state index in [2.05, 4.69) is 15.6 Å². The summed E-state index contributed by atoms with van der Waals surface area (Å²) in [6, 6.07) is 3.86. The fourth-order valence-corrected chi connectivity index (χ4v) is 1.96. The van der Waals surface area contributed by atoms with E-state index < -0.39 is 0 Å². The Balaban J connectivity index is 0.00000144. The van der Waals surface area contributed by atoms with Crippen molar-refractivity contribution >= 4 is 30.7 Å². The van der Waals surface area contributed by atoms with Crippen LogP contribution in [0.15, 0.2) is 18.3 Å². The van der Waals surface area contributed by atoms with Gasteiger partial charge in [0.05, 0.1) is 5.56 Å². The molecule has 102 valence electrons. The van der Waals surface area contributed by atoms with E-state index in [0.29, 0.717) is 5.56 Å². The third-order valence-corrected chi connectivity index (χ3v) is 2.88. The monoisotopic (exact) mass is 291 g/mol. The molecule has 0 bridgehead atoms. The number of piperidine rings is 1. The largest absolute Gasteiger partial charge is 0.348 e. The van der Waals surface area contributed by atoms with Gasteiger partial charge >= 0.3 is 0 Å². The lowest BCUT2D eigenvalue weighted by molar-refractivity contribution is 0.0929. The highest BCUT2D eigenvalue weighted by molar-refractivity contribution is 5.95. The van der Waals surface area contributed by atoms with Crippen LogP contribution in [0.4, 0.5) is 0 Å². The highest BCUT2D eigenvalue weighted by atomic mass is 35.5. The fraction of sp³-hybridized carbons (Fsp3) is 0.500. The Bertz CT molecular complexity index is 381. The van der Waals surface area contributed by atoms with Crippen molar-refractivity contribution in [3.8, 4) is 0 Å². The van der Waals surface area contributed by atoms with Gasteiger partial charge in [-0.1, -0.05) is 0 Å². The Hall–Kier alpha value is -0.840. The molecule has 1 aromatic heterocycles. The highest BCUT2D eigenvalue weighted by Crippen LogP contribution is 2.06. The number of carbonyl (C=O) groups is 1. The van der Waals surface area contributed by atoms with Crippen LogP contribution < -0.4 is 10.6 Å². The average molecular weight is 292 g/mol. The Labute approximate surface area is 120 Å². The second-order valence-electron chi connectivity index (χ2n) is 4.15. The molecule has 0 aromatic carbocycles. The standard InChI is InChI=1S/C12H17N3O.2ClH/c1-9-11(5-3-7-14-9)12(16)15-10-4-2-6-13-8-10;;/h3,5,7,10,13H,2,4,6,8H2,1H3,(H,15,16);2*1H/t10-;;/m1../s1. The van der Waals surface area contributed by atoms with Crippen LogP contribution in [-0.4, -0.2) is 30.0 Å². The van der Waals surface area contributed by atoms with Crippen LogP contribution >= 0.6 is 24.8 Å². The zero-order valence-corrected chi connectivity index (χ0v) is 11.9. The van der Waals surface area contributed by atoms with Gasteiger partial charge in [-0.3, -0.25) is 9.78 Å². The van der Waals surface area contributed by atoms with Crippen molar-refractivity contribution in [2.75, 3.05) is 13.1 Å². The molecule has 2 rings (SSSR count). The minimum Gasteiger partial charge on any atom is -0.348 e. The van der Waals surface area contributed by atoms with E-state index in [1.165, 1.54) is 0 Å². The number of aromatic nitrogens is 1. The van der Waals surface area contributed by atoms with Gasteiger partial charge in [-0.25, -0.2) is 0 Å². The molecule has 1 amide bonds. The molecular formula is C12H19Cl2N3O. The van der Waals surface area contributed by atoms with Gasteiger partial charge in [0.2, 0.25) is 0 Å². The molecule has 1 aliphatic rings. The van der Waals surface area contributed by atoms with Crippen molar-refractivity contribution in [2.24, 2.45) is 0 Å². The summed E-state index contributed by atoms with van der Waals surface area (Å²) in [6.45, 7) is 3.78. The van der Waals surface area contributed by atoms with Crippen molar-refractivity contribution < 1.29 is 4.79 Å². The first-order valence-electron chi connectivity index (χ1n) is 5.70. The summed E-state index contributed by atoms with van der Waals surface area (Å²) in [7, 11) is 0. The number of rotatable bonds is 2. The molecule has 6 heteroatoms. The maximum absolute atomic E-state index is 12.0. The number of hydrogen-bond donors (Lipinski definition) is 2. The minimum atomic E-state index is -0.0145. The third-order valence-electron chi connectivity index (χ3n) is 2.88. The van der Waals surface area contributed by atoms with Crippen molar-refractivity contribution in [3.05, 3.63) is 29.6 Å². The number of nitrogens with zero attached hydrogens (tertiary/aromatic N) is 1. The molecule has 0 saturated carbocycles. The molecule has 0 radical (unpaired) electrons. The van der Waals surface area contributed by atoms with E-state index in [-0.39, 0.29) is 36.8 Å². The molecule has 4 nitrogen and oxygen atoms in total. The lowest BCUT2D eigenvalue weighted by Gasteiger charge is -2.23. The van der Waals surface area contributed by atoms with Gasteiger partial charge in [0.15, 0.2) is 0 Å². The van der Waals surface area contributed by atoms with Crippen LogP contribution in [-0.2, 0) is 0 Å². The molecule has 18 heavy (non-hydrogen) atoms. The number of carbonyl (C=O) groups excluding carboxylic acids is 1. The molecule has 2 heterocycles. The van der Waals surface area contributed by atoms with Crippen molar-refractivity contribution in [1.29, 1.82) is 0 Å². The molecular weight excluding hydrogens is 273 g/mol. The quantitative estimate of drug-likeness (QED) is 0.872. The second kappa shape index (κ2) is 8.29. The molecule has 0 spiro atoms. The summed E-state index contributed by atoms with van der Waals surface area (Å²) in [5.74, 6) is -0.0145. The summed E-state index contributed by atoms with van der Waals surface area (Å²) in [5, 5.41) is 6.31. The van der Waals surface area contributed by atoms with Crippen LogP contribution in [0, 0.1) is 6.92 Å². The van der Waals surface area contributed by atoms with E-state index in [1.54, 1.807) is 12.3 Å². The summed E-state index contributed by atoms with van der Waals surface area (Å²) in [6.07, 6.45) is 3.88. The number of amides is 1. The maximum atomic E-state index is 12.0. The zero-order valence-electron chi connectivity index (χ0n) is 10.3. The van der Waals surface area contributed by atoms with Gasteiger partial charge in [0, 0.05) is 24.5 Å². The average Bonchev–Trinajstić information content (AvgIpc) is 2.31. The van der Waals surface area contributed by atoms with E-state index in [1.807, 2.05) is 13.0 Å². The van der Waals surface area contributed by atoms with Gasteiger partial charge in [-0.05, 0) is 38.4 Å². The first-order valence-corrected chi connectivity index (χ1v) is 5.70. The highest BCUT2D eigenvalue weighted by Gasteiger charge is 2.17. The first kappa shape index (κ1) is 17.2. The van der Waals surface area contributed by atoms with Crippen LogP contribution in [0.5, 0.6) is 0 Å². The smallest absolute Gasteiger partial charge is 0.253 e. The molecule has 1 aromatic rings. The van der Waals surface area contributed by atoms with Crippen LogP contribution in [0.2, 0.25) is 0 Å². The predicted molar refractivity (Wildman–Crippen MR) is 76.8 cm³/mol. The summed E-state index contributed by atoms with van der Waals surface area (Å²) in [5.41, 5.74) is 1.46. The van der Waals surface area contributed by atoms with Crippen molar-refractivity contribution in [2.45, 2.75) is 25.8 Å². The van der Waals surface area contributed by atoms with Gasteiger partial charge in [0.1, 0.15) is 0 Å². The van der Waals surface area contributed by atoms with E-state index >= 15 is 0 Å². The second-order valence-corrected chi connectivity index (χ2v) is 4.15. The zero-order chi connectivity index (χ0) is 11.4. The molecule has 1 fully saturated rings. The van der Waals surface area contributed by atoms with Gasteiger partial charge in [-0.2, -0.15) is 0 Å². The third kappa shape index (κ3) is 4.44. The Morgan fingerprint density at radius 3 is 2.89 bits per heavy atom. The molecule has 0 unspecified atom stereocenters. The summed E-state index contributed by atoms with van der Waals surface area (Å²) < 4.78 is 0. The Kier molecular flexibility index (Phi) is 7.91. The Morgan fingerprint density at radius 2 is 2.28 bits per heavy atom. The molecule has 0 aliphatic carbocycles. The topological polar surface area (TPSA) is 54.0 Å². The lowest BCUT2D eigenvalue weighted by Crippen LogP contribution is -2.45. The van der Waals surface area contributed by atoms with E-state index in [4.69, 9.17) is 0 Å². The SMILES string of the molecule is Cc1ncccc1C(=O)N[C@@H]1CCCNC1.Cl.Cl. The normalized spacial score (nSPS) is 18.2. The van der Waals surface area contributed by atoms with E-state index in [9.17, 15) is 4.79 Å². The number of nitrogens with one attached hydrogen (secondary N) is 2. The predicted octanol–water partition coefficient (Wildman–Crippen LogP) is 1.72. The van der Waals surface area contributed by atoms with Crippen LogP contribution in [0.1, 0.15) is 28.9 Å². The van der Waals surface area contributed by atoms with Crippen LogP contribution in [0.25, 0.3) is 0 Å². The summed E-state index contributed by atoms with van der Waals surface area (Å²) in [4.78, 5) is 16.1. The lowest BCUT2D eigenvalue weighted by atomic mass is 10.1. The molecule has 2 N–H and O–H groups in total. The minimum absolute atomic E-state index is 0. The van der Waals surface area contributed by atoms with E-state index in [0.717, 1.165) is 31.6 Å². The van der Waals surface area contributed by atoms with Crippen molar-refractivity contribution in [3.63, 3.8) is 0 Å². The summed E-state index contributed by atoms with van der Waals surface area (Å²) >= 11 is 0. The van der Waals surface area contributed by atoms with Crippen molar-refractivity contribution in [1.82, 2.24) is 15.6 Å². The Morgan fingerprint density at radius 1 is 1.50 bits per heavy atom. The maximum Gasteiger partial charge on any atom is 0.253 e. The fourth-order valence-electron chi connectivity index (χ4n) is 1.96. The number of hydrogen-bond acceptors (Lipinski definition) is 3. The van der Waals surface area contributed by atoms with Gasteiger partial charge in [-0.15, -0.1) is 24.8 Å². The number of aryl methyl sites for hydroxylation is 1. The first-order chi connectivity index (χ1) is 7.77.